The van der Waals surface area contributed by atoms with Gasteiger partial charge in [-0.15, -0.1) is 0 Å². The fraction of sp³-hybridized carbons (Fsp3) is 0.524. The van der Waals surface area contributed by atoms with Gasteiger partial charge in [-0.1, -0.05) is 17.7 Å². The molecule has 2 aromatic rings. The summed E-state index contributed by atoms with van der Waals surface area (Å²) in [6.45, 7) is 9.91. The molecule has 154 valence electrons. The lowest BCUT2D eigenvalue weighted by atomic mass is 10.1. The summed E-state index contributed by atoms with van der Waals surface area (Å²) < 4.78 is 31.3. The standard InChI is InChI=1S/C21H32N4O2S/c1-16-13-17(2)21(18(3)14-16)28(26,27)22-15-20(19-7-6-8-24(19)5)25-11-9-23(4)10-12-25/h6-8,13-14,20,22H,9-12,15H2,1-5H3. The normalized spacial score (nSPS) is 17.8. The molecule has 7 heteroatoms. The Kier molecular flexibility index (Phi) is 6.29. The molecule has 0 aliphatic carbocycles. The first kappa shape index (κ1) is 21.0. The highest BCUT2D eigenvalue weighted by Crippen LogP contribution is 2.25. The molecular formula is C21H32N4O2S. The van der Waals surface area contributed by atoms with Gasteiger partial charge in [0.1, 0.15) is 0 Å². The molecule has 0 bridgehead atoms. The maximum atomic E-state index is 13.1. The van der Waals surface area contributed by atoms with Crippen molar-refractivity contribution in [2.75, 3.05) is 39.8 Å². The smallest absolute Gasteiger partial charge is 0.241 e. The van der Waals surface area contributed by atoms with E-state index in [0.29, 0.717) is 11.4 Å². The van der Waals surface area contributed by atoms with Crippen LogP contribution in [0.5, 0.6) is 0 Å². The maximum Gasteiger partial charge on any atom is 0.241 e. The predicted molar refractivity (Wildman–Crippen MR) is 113 cm³/mol. The van der Waals surface area contributed by atoms with Crippen LogP contribution < -0.4 is 4.72 Å². The number of benzene rings is 1. The summed E-state index contributed by atoms with van der Waals surface area (Å²) >= 11 is 0. The second kappa shape index (κ2) is 8.37. The molecule has 1 aromatic heterocycles. The molecule has 1 aliphatic rings. The molecule has 1 saturated heterocycles. The summed E-state index contributed by atoms with van der Waals surface area (Å²) in [4.78, 5) is 5.09. The van der Waals surface area contributed by atoms with Gasteiger partial charge in [0, 0.05) is 51.7 Å². The summed E-state index contributed by atoms with van der Waals surface area (Å²) in [6, 6.07) is 7.96. The van der Waals surface area contributed by atoms with Crippen LogP contribution in [0.15, 0.2) is 35.4 Å². The molecule has 28 heavy (non-hydrogen) atoms. The van der Waals surface area contributed by atoms with Crippen LogP contribution in [0.25, 0.3) is 0 Å². The first-order valence-corrected chi connectivity index (χ1v) is 11.3. The van der Waals surface area contributed by atoms with E-state index in [9.17, 15) is 8.42 Å². The van der Waals surface area contributed by atoms with E-state index in [2.05, 4.69) is 32.2 Å². The zero-order valence-corrected chi connectivity index (χ0v) is 18.4. The molecule has 1 fully saturated rings. The number of piperazine rings is 1. The minimum atomic E-state index is -3.58. The number of nitrogens with one attached hydrogen (secondary N) is 1. The molecule has 1 aromatic carbocycles. The third-order valence-corrected chi connectivity index (χ3v) is 7.37. The van der Waals surface area contributed by atoms with Crippen molar-refractivity contribution in [2.45, 2.75) is 31.7 Å². The van der Waals surface area contributed by atoms with Crippen molar-refractivity contribution in [3.8, 4) is 0 Å². The SMILES string of the molecule is Cc1cc(C)c(S(=O)(=O)NCC(c2cccn2C)N2CCN(C)CC2)c(C)c1. The van der Waals surface area contributed by atoms with Crippen LogP contribution in [0.2, 0.25) is 0 Å². The van der Waals surface area contributed by atoms with Crippen molar-refractivity contribution in [1.29, 1.82) is 0 Å². The van der Waals surface area contributed by atoms with E-state index in [4.69, 9.17) is 0 Å². The Hall–Kier alpha value is -1.67. The molecule has 1 N–H and O–H groups in total. The highest BCUT2D eigenvalue weighted by molar-refractivity contribution is 7.89. The lowest BCUT2D eigenvalue weighted by Crippen LogP contribution is -2.49. The molecule has 0 radical (unpaired) electrons. The van der Waals surface area contributed by atoms with Crippen molar-refractivity contribution in [2.24, 2.45) is 7.05 Å². The van der Waals surface area contributed by atoms with Gasteiger partial charge in [0.2, 0.25) is 10.0 Å². The highest BCUT2D eigenvalue weighted by atomic mass is 32.2. The molecule has 1 atom stereocenters. The molecule has 6 nitrogen and oxygen atoms in total. The predicted octanol–water partition coefficient (Wildman–Crippen LogP) is 2.22. The van der Waals surface area contributed by atoms with Crippen molar-refractivity contribution in [3.63, 3.8) is 0 Å². The third kappa shape index (κ3) is 4.49. The molecule has 0 spiro atoms. The molecule has 1 aliphatic heterocycles. The average molecular weight is 405 g/mol. The van der Waals surface area contributed by atoms with E-state index in [1.807, 2.05) is 52.2 Å². The third-order valence-electron chi connectivity index (χ3n) is 5.64. The van der Waals surface area contributed by atoms with Gasteiger partial charge in [0.05, 0.1) is 10.9 Å². The first-order chi connectivity index (χ1) is 13.2. The molecular weight excluding hydrogens is 372 g/mol. The number of hydrogen-bond donors (Lipinski definition) is 1. The van der Waals surface area contributed by atoms with Gasteiger partial charge in [-0.25, -0.2) is 13.1 Å². The van der Waals surface area contributed by atoms with Gasteiger partial charge < -0.3 is 9.47 Å². The number of hydrogen-bond acceptors (Lipinski definition) is 4. The zero-order valence-electron chi connectivity index (χ0n) is 17.6. The van der Waals surface area contributed by atoms with E-state index < -0.39 is 10.0 Å². The van der Waals surface area contributed by atoms with Crippen LogP contribution in [-0.4, -0.2) is 62.6 Å². The Balaban J connectivity index is 1.85. The number of aromatic nitrogens is 1. The largest absolute Gasteiger partial charge is 0.353 e. The van der Waals surface area contributed by atoms with Gasteiger partial charge >= 0.3 is 0 Å². The lowest BCUT2D eigenvalue weighted by Gasteiger charge is -2.38. The van der Waals surface area contributed by atoms with E-state index in [-0.39, 0.29) is 6.04 Å². The molecule has 0 amide bonds. The molecule has 0 saturated carbocycles. The number of nitrogens with zero attached hydrogens (tertiary/aromatic N) is 3. The van der Waals surface area contributed by atoms with Crippen molar-refractivity contribution < 1.29 is 8.42 Å². The number of aryl methyl sites for hydroxylation is 4. The van der Waals surface area contributed by atoms with Gasteiger partial charge in [-0.3, -0.25) is 4.90 Å². The Morgan fingerprint density at radius 3 is 2.18 bits per heavy atom. The summed E-state index contributed by atoms with van der Waals surface area (Å²) in [6.07, 6.45) is 2.02. The van der Waals surface area contributed by atoms with Crippen LogP contribution in [0.3, 0.4) is 0 Å². The van der Waals surface area contributed by atoms with E-state index in [1.165, 1.54) is 0 Å². The van der Waals surface area contributed by atoms with Crippen molar-refractivity contribution in [1.82, 2.24) is 19.1 Å². The minimum absolute atomic E-state index is 0.00883. The van der Waals surface area contributed by atoms with Crippen LogP contribution in [-0.2, 0) is 17.1 Å². The fourth-order valence-electron chi connectivity index (χ4n) is 4.23. The maximum absolute atomic E-state index is 13.1. The Morgan fingerprint density at radius 1 is 1.04 bits per heavy atom. The van der Waals surface area contributed by atoms with E-state index >= 15 is 0 Å². The number of likely N-dealkylation sites (N-methyl/N-ethyl adjacent to an activating group) is 1. The molecule has 2 heterocycles. The monoisotopic (exact) mass is 404 g/mol. The number of sulfonamides is 1. The van der Waals surface area contributed by atoms with E-state index in [1.54, 1.807) is 0 Å². The first-order valence-electron chi connectivity index (χ1n) is 9.80. The number of rotatable bonds is 6. The van der Waals surface area contributed by atoms with Crippen molar-refractivity contribution >= 4 is 10.0 Å². The van der Waals surface area contributed by atoms with Gasteiger partial charge in [0.25, 0.3) is 0 Å². The van der Waals surface area contributed by atoms with Gasteiger partial charge in [-0.05, 0) is 51.1 Å². The second-order valence-corrected chi connectivity index (χ2v) is 9.68. The topological polar surface area (TPSA) is 57.6 Å². The second-order valence-electron chi connectivity index (χ2n) is 7.98. The quantitative estimate of drug-likeness (QED) is 0.802. The van der Waals surface area contributed by atoms with Gasteiger partial charge in [0.15, 0.2) is 0 Å². The summed E-state index contributed by atoms with van der Waals surface area (Å²) in [5.74, 6) is 0. The van der Waals surface area contributed by atoms with Crippen LogP contribution in [0.4, 0.5) is 0 Å². The zero-order chi connectivity index (χ0) is 20.5. The Bertz CT molecular complexity index is 905. The van der Waals surface area contributed by atoms with Crippen LogP contribution in [0, 0.1) is 20.8 Å². The lowest BCUT2D eigenvalue weighted by molar-refractivity contribution is 0.109. The summed E-state index contributed by atoms with van der Waals surface area (Å²) in [7, 11) is 0.557. The Morgan fingerprint density at radius 2 is 1.64 bits per heavy atom. The highest BCUT2D eigenvalue weighted by Gasteiger charge is 2.28. The molecule has 1 unspecified atom stereocenters. The van der Waals surface area contributed by atoms with Gasteiger partial charge in [-0.2, -0.15) is 0 Å². The minimum Gasteiger partial charge on any atom is -0.353 e. The van der Waals surface area contributed by atoms with E-state index in [0.717, 1.165) is 48.6 Å². The summed E-state index contributed by atoms with van der Waals surface area (Å²) in [5.41, 5.74) is 3.79. The van der Waals surface area contributed by atoms with Crippen molar-refractivity contribution in [3.05, 3.63) is 52.8 Å². The average Bonchev–Trinajstić information content (AvgIpc) is 3.01. The van der Waals surface area contributed by atoms with Crippen LogP contribution >= 0.6 is 0 Å². The molecule has 3 rings (SSSR count). The Labute approximate surface area is 169 Å². The fourth-order valence-corrected chi connectivity index (χ4v) is 5.71. The van der Waals surface area contributed by atoms with Crippen LogP contribution in [0.1, 0.15) is 28.4 Å². The summed E-state index contributed by atoms with van der Waals surface area (Å²) in [5, 5.41) is 0.